The first-order valence-corrected chi connectivity index (χ1v) is 6.62. The van der Waals surface area contributed by atoms with Crippen molar-refractivity contribution in [2.45, 2.75) is 13.5 Å². The zero-order valence-electron chi connectivity index (χ0n) is 11.9. The lowest BCUT2D eigenvalue weighted by Crippen LogP contribution is -2.38. The lowest BCUT2D eigenvalue weighted by Gasteiger charge is -2.16. The minimum atomic E-state index is -1.08. The Morgan fingerprint density at radius 3 is 2.71 bits per heavy atom. The Kier molecular flexibility index (Phi) is 4.23. The molecule has 2 N–H and O–H groups in total. The van der Waals surface area contributed by atoms with Crippen molar-refractivity contribution in [1.29, 1.82) is 0 Å². The Hall–Kier alpha value is -2.41. The van der Waals surface area contributed by atoms with Crippen molar-refractivity contribution in [2.75, 3.05) is 20.1 Å². The maximum absolute atomic E-state index is 12.0. The number of carbonyl (C=O) groups is 1. The molecule has 7 nitrogen and oxygen atoms in total. The summed E-state index contributed by atoms with van der Waals surface area (Å²) >= 11 is 0. The van der Waals surface area contributed by atoms with Gasteiger partial charge in [-0.15, -0.1) is 0 Å². The number of H-pyrrole nitrogens is 1. The highest BCUT2D eigenvalue weighted by atomic mass is 16.4. The molecule has 1 aromatic heterocycles. The van der Waals surface area contributed by atoms with E-state index < -0.39 is 17.1 Å². The first kappa shape index (κ1) is 15.0. The predicted octanol–water partition coefficient (Wildman–Crippen LogP) is 0.340. The number of aromatic carboxylic acids is 1. The summed E-state index contributed by atoms with van der Waals surface area (Å²) in [6.07, 6.45) is 0. The van der Waals surface area contributed by atoms with Gasteiger partial charge in [0.1, 0.15) is 0 Å². The van der Waals surface area contributed by atoms with Crippen LogP contribution in [-0.4, -0.2) is 45.7 Å². The van der Waals surface area contributed by atoms with Gasteiger partial charge >= 0.3 is 17.1 Å². The average molecular weight is 291 g/mol. The summed E-state index contributed by atoms with van der Waals surface area (Å²) in [4.78, 5) is 39.2. The molecule has 2 aromatic rings. The average Bonchev–Trinajstić information content (AvgIpc) is 2.46. The molecule has 0 amide bonds. The molecule has 0 aliphatic carbocycles. The minimum Gasteiger partial charge on any atom is -0.478 e. The Bertz CT molecular complexity index is 791. The van der Waals surface area contributed by atoms with E-state index in [4.69, 9.17) is 5.11 Å². The molecular weight excluding hydrogens is 274 g/mol. The van der Waals surface area contributed by atoms with Crippen LogP contribution in [0.1, 0.15) is 17.3 Å². The van der Waals surface area contributed by atoms with E-state index in [0.717, 1.165) is 6.54 Å². The van der Waals surface area contributed by atoms with Crippen LogP contribution >= 0.6 is 0 Å². The number of aromatic nitrogens is 2. The van der Waals surface area contributed by atoms with Crippen LogP contribution < -0.4 is 11.1 Å². The second-order valence-electron chi connectivity index (χ2n) is 4.84. The van der Waals surface area contributed by atoms with Crippen LogP contribution in [0.3, 0.4) is 0 Å². The van der Waals surface area contributed by atoms with Crippen molar-refractivity contribution in [2.24, 2.45) is 0 Å². The zero-order valence-corrected chi connectivity index (χ0v) is 11.9. The van der Waals surface area contributed by atoms with Gasteiger partial charge in [0, 0.05) is 13.1 Å². The summed E-state index contributed by atoms with van der Waals surface area (Å²) in [6.45, 7) is 3.72. The fraction of sp³-hybridized carbons (Fsp3) is 0.357. The van der Waals surface area contributed by atoms with Crippen molar-refractivity contribution in [3.05, 3.63) is 44.5 Å². The van der Waals surface area contributed by atoms with Gasteiger partial charge in [0.15, 0.2) is 0 Å². The van der Waals surface area contributed by atoms with E-state index in [1.54, 1.807) is 0 Å². The van der Waals surface area contributed by atoms with Crippen molar-refractivity contribution >= 4 is 17.0 Å². The minimum absolute atomic E-state index is 0.0755. The van der Waals surface area contributed by atoms with Crippen LogP contribution in [0.4, 0.5) is 0 Å². The van der Waals surface area contributed by atoms with E-state index in [-0.39, 0.29) is 5.56 Å². The second kappa shape index (κ2) is 5.92. The normalized spacial score (nSPS) is 11.2. The molecule has 0 atom stereocenters. The number of fused-ring (bicyclic) bond motifs is 1. The van der Waals surface area contributed by atoms with Gasteiger partial charge in [-0.3, -0.25) is 9.59 Å². The molecule has 112 valence electrons. The number of aromatic amines is 1. The number of rotatable bonds is 5. The van der Waals surface area contributed by atoms with Crippen LogP contribution in [0.2, 0.25) is 0 Å². The molecule has 0 fully saturated rings. The summed E-state index contributed by atoms with van der Waals surface area (Å²) in [5.41, 5.74) is -0.432. The lowest BCUT2D eigenvalue weighted by molar-refractivity contribution is 0.0697. The molecule has 0 aliphatic heterocycles. The van der Waals surface area contributed by atoms with Gasteiger partial charge in [0.2, 0.25) is 0 Å². The molecule has 0 spiro atoms. The standard InChI is InChI=1S/C14H17N3O4/c1-3-16(2)6-7-17-11-8-9(14(20)21)4-5-10(11)15-12(18)13(17)19/h4-5,8H,3,6-7H2,1-2H3,(H,15,18)(H,20,21). The van der Waals surface area contributed by atoms with Crippen LogP contribution in [0.15, 0.2) is 27.8 Å². The zero-order chi connectivity index (χ0) is 15.6. The van der Waals surface area contributed by atoms with E-state index in [1.807, 2.05) is 18.9 Å². The van der Waals surface area contributed by atoms with Crippen LogP contribution in [0, 0.1) is 0 Å². The fourth-order valence-corrected chi connectivity index (χ4v) is 2.05. The maximum Gasteiger partial charge on any atom is 0.335 e. The third kappa shape index (κ3) is 3.03. The van der Waals surface area contributed by atoms with Crippen molar-refractivity contribution in [3.63, 3.8) is 0 Å². The van der Waals surface area contributed by atoms with E-state index >= 15 is 0 Å². The van der Waals surface area contributed by atoms with Gasteiger partial charge in [-0.05, 0) is 31.8 Å². The molecule has 1 aromatic carbocycles. The largest absolute Gasteiger partial charge is 0.478 e. The smallest absolute Gasteiger partial charge is 0.335 e. The van der Waals surface area contributed by atoms with E-state index in [0.29, 0.717) is 24.1 Å². The summed E-state index contributed by atoms with van der Waals surface area (Å²) in [7, 11) is 1.91. The number of carboxylic acids is 1. The van der Waals surface area contributed by atoms with Gasteiger partial charge in [-0.25, -0.2) is 4.79 Å². The second-order valence-corrected chi connectivity index (χ2v) is 4.84. The van der Waals surface area contributed by atoms with Gasteiger partial charge in [0.25, 0.3) is 0 Å². The molecule has 1 heterocycles. The van der Waals surface area contributed by atoms with E-state index in [9.17, 15) is 14.4 Å². The SMILES string of the molecule is CCN(C)CCn1c(=O)c(=O)[nH]c2ccc(C(=O)O)cc21. The number of nitrogens with one attached hydrogen (secondary N) is 1. The highest BCUT2D eigenvalue weighted by Gasteiger charge is 2.11. The van der Waals surface area contributed by atoms with Gasteiger partial charge < -0.3 is 19.6 Å². The monoisotopic (exact) mass is 291 g/mol. The third-order valence-corrected chi connectivity index (χ3v) is 3.47. The fourth-order valence-electron chi connectivity index (χ4n) is 2.05. The maximum atomic E-state index is 12.0. The topological polar surface area (TPSA) is 95.4 Å². The van der Waals surface area contributed by atoms with E-state index in [2.05, 4.69) is 4.98 Å². The summed E-state index contributed by atoms with van der Waals surface area (Å²) in [6, 6.07) is 4.30. The Morgan fingerprint density at radius 2 is 2.10 bits per heavy atom. The van der Waals surface area contributed by atoms with Crippen molar-refractivity contribution in [3.8, 4) is 0 Å². The first-order valence-electron chi connectivity index (χ1n) is 6.62. The van der Waals surface area contributed by atoms with Gasteiger partial charge in [-0.1, -0.05) is 6.92 Å². The molecule has 21 heavy (non-hydrogen) atoms. The Morgan fingerprint density at radius 1 is 1.38 bits per heavy atom. The van der Waals surface area contributed by atoms with Crippen LogP contribution in [-0.2, 0) is 6.54 Å². The number of nitrogens with zero attached hydrogens (tertiary/aromatic N) is 2. The molecule has 0 aliphatic rings. The molecule has 0 unspecified atom stereocenters. The predicted molar refractivity (Wildman–Crippen MR) is 79.0 cm³/mol. The number of hydrogen-bond acceptors (Lipinski definition) is 4. The number of carboxylic acid groups (broad SMARTS) is 1. The van der Waals surface area contributed by atoms with Crippen LogP contribution in [0.25, 0.3) is 11.0 Å². The number of likely N-dealkylation sites (N-methyl/N-ethyl adjacent to an activating group) is 1. The summed E-state index contributed by atoms with van der Waals surface area (Å²) < 4.78 is 1.33. The molecular formula is C14H17N3O4. The quantitative estimate of drug-likeness (QED) is 0.775. The molecule has 0 saturated carbocycles. The van der Waals surface area contributed by atoms with Crippen LogP contribution in [0.5, 0.6) is 0 Å². The highest BCUT2D eigenvalue weighted by molar-refractivity contribution is 5.92. The lowest BCUT2D eigenvalue weighted by atomic mass is 10.2. The van der Waals surface area contributed by atoms with Gasteiger partial charge in [0.05, 0.1) is 16.6 Å². The molecule has 0 saturated heterocycles. The molecule has 0 bridgehead atoms. The molecule has 2 rings (SSSR count). The Labute approximate surface area is 120 Å². The highest BCUT2D eigenvalue weighted by Crippen LogP contribution is 2.11. The molecule has 0 radical (unpaired) electrons. The Balaban J connectivity index is 2.61. The van der Waals surface area contributed by atoms with E-state index in [1.165, 1.54) is 22.8 Å². The van der Waals surface area contributed by atoms with Crippen molar-refractivity contribution < 1.29 is 9.90 Å². The van der Waals surface area contributed by atoms with Gasteiger partial charge in [-0.2, -0.15) is 0 Å². The third-order valence-electron chi connectivity index (χ3n) is 3.47. The number of hydrogen-bond donors (Lipinski definition) is 2. The van der Waals surface area contributed by atoms with Crippen molar-refractivity contribution in [1.82, 2.24) is 14.5 Å². The summed E-state index contributed by atoms with van der Waals surface area (Å²) in [5, 5.41) is 9.05. The molecule has 7 heteroatoms. The number of benzene rings is 1. The first-order chi connectivity index (χ1) is 9.93. The summed E-state index contributed by atoms with van der Waals surface area (Å²) in [5.74, 6) is -1.08.